The Labute approximate surface area is 134 Å². The second-order valence-corrected chi connectivity index (χ2v) is 5.52. The van der Waals surface area contributed by atoms with Crippen LogP contribution in [0, 0.1) is 12.8 Å². The van der Waals surface area contributed by atoms with Gasteiger partial charge in [-0.15, -0.1) is 0 Å². The Balaban J connectivity index is 2.20. The van der Waals surface area contributed by atoms with Crippen LogP contribution >= 0.6 is 0 Å². The van der Waals surface area contributed by atoms with E-state index in [2.05, 4.69) is 15.4 Å². The molecule has 7 heteroatoms. The summed E-state index contributed by atoms with van der Waals surface area (Å²) in [5.41, 5.74) is 2.08. The first kappa shape index (κ1) is 16.7. The van der Waals surface area contributed by atoms with Crippen LogP contribution in [-0.2, 0) is 4.79 Å². The maximum Gasteiger partial charge on any atom is 0.326 e. The maximum absolute atomic E-state index is 12.3. The van der Waals surface area contributed by atoms with Gasteiger partial charge in [0.05, 0.1) is 5.69 Å². The Morgan fingerprint density at radius 3 is 2.65 bits per heavy atom. The second-order valence-electron chi connectivity index (χ2n) is 5.52. The van der Waals surface area contributed by atoms with Gasteiger partial charge < -0.3 is 10.4 Å². The smallest absolute Gasteiger partial charge is 0.326 e. The lowest BCUT2D eigenvalue weighted by atomic mass is 9.98. The van der Waals surface area contributed by atoms with Crippen LogP contribution in [0.5, 0.6) is 0 Å². The van der Waals surface area contributed by atoms with Gasteiger partial charge >= 0.3 is 5.97 Å². The number of nitrogens with zero attached hydrogens (tertiary/aromatic N) is 3. The third-order valence-corrected chi connectivity index (χ3v) is 3.89. The molecule has 2 rings (SSSR count). The zero-order valence-corrected chi connectivity index (χ0v) is 13.4. The Hall–Kier alpha value is -2.70. The molecular formula is C16H20N4O3. The first-order valence-electron chi connectivity index (χ1n) is 7.43. The Morgan fingerprint density at radius 2 is 2.13 bits per heavy atom. The minimum absolute atomic E-state index is 0.146. The number of carboxylic acid groups (broad SMARTS) is 1. The van der Waals surface area contributed by atoms with Gasteiger partial charge in [0, 0.05) is 5.56 Å². The number of benzene rings is 1. The number of aliphatic carboxylic acids is 1. The molecule has 23 heavy (non-hydrogen) atoms. The van der Waals surface area contributed by atoms with E-state index in [1.807, 2.05) is 13.8 Å². The minimum Gasteiger partial charge on any atom is -0.480 e. The van der Waals surface area contributed by atoms with Gasteiger partial charge in [0.15, 0.2) is 0 Å². The predicted octanol–water partition coefficient (Wildman–Crippen LogP) is 1.80. The van der Waals surface area contributed by atoms with Crippen LogP contribution in [-0.4, -0.2) is 37.8 Å². The highest BCUT2D eigenvalue weighted by molar-refractivity contribution is 5.97. The summed E-state index contributed by atoms with van der Waals surface area (Å²) in [6.45, 7) is 5.55. The highest BCUT2D eigenvalue weighted by Gasteiger charge is 2.25. The van der Waals surface area contributed by atoms with E-state index in [1.165, 1.54) is 6.33 Å². The first-order chi connectivity index (χ1) is 10.9. The van der Waals surface area contributed by atoms with E-state index in [4.69, 9.17) is 0 Å². The van der Waals surface area contributed by atoms with Crippen LogP contribution in [0.15, 0.2) is 30.9 Å². The van der Waals surface area contributed by atoms with Crippen LogP contribution in [0.2, 0.25) is 0 Å². The van der Waals surface area contributed by atoms with Crippen LogP contribution in [0.1, 0.15) is 36.2 Å². The summed E-state index contributed by atoms with van der Waals surface area (Å²) in [6, 6.07) is 4.22. The van der Waals surface area contributed by atoms with E-state index in [0.29, 0.717) is 12.0 Å². The molecule has 0 aliphatic heterocycles. The lowest BCUT2D eigenvalue weighted by Crippen LogP contribution is -2.45. The molecule has 122 valence electrons. The normalized spacial score (nSPS) is 13.3. The summed E-state index contributed by atoms with van der Waals surface area (Å²) < 4.78 is 1.61. The van der Waals surface area contributed by atoms with E-state index in [9.17, 15) is 14.7 Å². The van der Waals surface area contributed by atoms with Crippen molar-refractivity contribution in [2.45, 2.75) is 33.2 Å². The molecule has 0 unspecified atom stereocenters. The number of aromatic nitrogens is 3. The van der Waals surface area contributed by atoms with Crippen molar-refractivity contribution in [1.29, 1.82) is 0 Å². The highest BCUT2D eigenvalue weighted by atomic mass is 16.4. The molecule has 1 aromatic carbocycles. The third-order valence-electron chi connectivity index (χ3n) is 3.89. The predicted molar refractivity (Wildman–Crippen MR) is 84.4 cm³/mol. The van der Waals surface area contributed by atoms with Crippen LogP contribution < -0.4 is 5.32 Å². The van der Waals surface area contributed by atoms with Crippen molar-refractivity contribution in [3.05, 3.63) is 42.0 Å². The van der Waals surface area contributed by atoms with Crippen molar-refractivity contribution in [3.8, 4) is 5.69 Å². The fourth-order valence-electron chi connectivity index (χ4n) is 2.29. The lowest BCUT2D eigenvalue weighted by molar-refractivity contribution is -0.140. The topological polar surface area (TPSA) is 97.1 Å². The molecule has 0 bridgehead atoms. The van der Waals surface area contributed by atoms with Crippen molar-refractivity contribution in [3.63, 3.8) is 0 Å². The lowest BCUT2D eigenvalue weighted by Gasteiger charge is -2.20. The number of carboxylic acids is 1. The molecule has 0 radical (unpaired) electrons. The number of carbonyl (C=O) groups excluding carboxylic acids is 1. The summed E-state index contributed by atoms with van der Waals surface area (Å²) >= 11 is 0. The summed E-state index contributed by atoms with van der Waals surface area (Å²) in [4.78, 5) is 27.5. The average Bonchev–Trinajstić information content (AvgIpc) is 3.05. The van der Waals surface area contributed by atoms with Gasteiger partial charge in [-0.25, -0.2) is 14.5 Å². The summed E-state index contributed by atoms with van der Waals surface area (Å²) in [5, 5.41) is 15.9. The number of hydrogen-bond acceptors (Lipinski definition) is 4. The van der Waals surface area contributed by atoms with Gasteiger partial charge in [-0.2, -0.15) is 5.10 Å². The standard InChI is InChI=1S/C16H20N4O3/c1-4-10(2)14(16(22)23)19-15(21)12-5-6-13(11(3)7-12)20-9-17-8-18-20/h5-10,14H,4H2,1-3H3,(H,19,21)(H,22,23)/t10-,14-/m0/s1. The Bertz CT molecular complexity index is 697. The van der Waals surface area contributed by atoms with Crippen molar-refractivity contribution in [2.24, 2.45) is 5.92 Å². The molecule has 2 atom stereocenters. The SMILES string of the molecule is CC[C@H](C)[C@H](NC(=O)c1ccc(-n2cncn2)c(C)c1)C(=O)O. The molecular weight excluding hydrogens is 296 g/mol. The van der Waals surface area contributed by atoms with Gasteiger partial charge in [0.1, 0.15) is 18.7 Å². The molecule has 1 amide bonds. The van der Waals surface area contributed by atoms with Crippen LogP contribution in [0.4, 0.5) is 0 Å². The second kappa shape index (κ2) is 7.04. The number of carbonyl (C=O) groups is 2. The fourth-order valence-corrected chi connectivity index (χ4v) is 2.29. The average molecular weight is 316 g/mol. The molecule has 0 spiro atoms. The van der Waals surface area contributed by atoms with E-state index < -0.39 is 17.9 Å². The number of nitrogens with one attached hydrogen (secondary N) is 1. The molecule has 0 saturated carbocycles. The van der Waals surface area contributed by atoms with Gasteiger partial charge in [0.2, 0.25) is 0 Å². The molecule has 0 fully saturated rings. The van der Waals surface area contributed by atoms with E-state index in [-0.39, 0.29) is 5.92 Å². The quantitative estimate of drug-likeness (QED) is 0.847. The van der Waals surface area contributed by atoms with Crippen molar-refractivity contribution in [2.75, 3.05) is 0 Å². The Morgan fingerprint density at radius 1 is 1.39 bits per heavy atom. The summed E-state index contributed by atoms with van der Waals surface area (Å²) in [6.07, 6.45) is 3.68. The third kappa shape index (κ3) is 3.74. The van der Waals surface area contributed by atoms with Crippen molar-refractivity contribution >= 4 is 11.9 Å². The largest absolute Gasteiger partial charge is 0.480 e. The number of amides is 1. The van der Waals surface area contributed by atoms with Crippen LogP contribution in [0.3, 0.4) is 0 Å². The molecule has 1 aromatic heterocycles. The zero-order chi connectivity index (χ0) is 17.0. The van der Waals surface area contributed by atoms with Gasteiger partial charge in [-0.3, -0.25) is 4.79 Å². The van der Waals surface area contributed by atoms with Gasteiger partial charge in [-0.1, -0.05) is 20.3 Å². The number of rotatable bonds is 6. The molecule has 2 N–H and O–H groups in total. The van der Waals surface area contributed by atoms with Crippen molar-refractivity contribution in [1.82, 2.24) is 20.1 Å². The molecule has 0 aliphatic carbocycles. The summed E-state index contributed by atoms with van der Waals surface area (Å²) in [7, 11) is 0. The van der Waals surface area contributed by atoms with E-state index in [1.54, 1.807) is 36.1 Å². The van der Waals surface area contributed by atoms with Gasteiger partial charge in [0.25, 0.3) is 5.91 Å². The maximum atomic E-state index is 12.3. The monoisotopic (exact) mass is 316 g/mol. The fraction of sp³-hybridized carbons (Fsp3) is 0.375. The number of aryl methyl sites for hydroxylation is 1. The highest BCUT2D eigenvalue weighted by Crippen LogP contribution is 2.15. The van der Waals surface area contributed by atoms with Gasteiger partial charge in [-0.05, 0) is 36.6 Å². The van der Waals surface area contributed by atoms with Crippen molar-refractivity contribution < 1.29 is 14.7 Å². The van der Waals surface area contributed by atoms with Crippen LogP contribution in [0.25, 0.3) is 5.69 Å². The summed E-state index contributed by atoms with van der Waals surface area (Å²) in [5.74, 6) is -1.57. The van der Waals surface area contributed by atoms with E-state index >= 15 is 0 Å². The van der Waals surface area contributed by atoms with E-state index in [0.717, 1.165) is 11.3 Å². The molecule has 0 aliphatic rings. The Kier molecular flexibility index (Phi) is 5.10. The molecule has 0 saturated heterocycles. The molecule has 1 heterocycles. The number of hydrogen-bond donors (Lipinski definition) is 2. The molecule has 2 aromatic rings. The minimum atomic E-state index is -1.02. The first-order valence-corrected chi connectivity index (χ1v) is 7.43. The molecule has 7 nitrogen and oxygen atoms in total. The zero-order valence-electron chi connectivity index (χ0n) is 13.4.